The van der Waals surface area contributed by atoms with Crippen LogP contribution in [0.15, 0.2) is 32.5 Å². The molecule has 1 rings (SSSR count). The summed E-state index contributed by atoms with van der Waals surface area (Å²) in [5, 5.41) is 0.118. The van der Waals surface area contributed by atoms with Crippen molar-refractivity contribution in [3.63, 3.8) is 0 Å². The Morgan fingerprint density at radius 2 is 1.88 bits per heavy atom. The lowest BCUT2D eigenvalue weighted by Crippen LogP contribution is -2.37. The molecule has 1 unspecified atom stereocenters. The van der Waals surface area contributed by atoms with Crippen LogP contribution in [0.5, 0.6) is 0 Å². The van der Waals surface area contributed by atoms with Gasteiger partial charge in [0, 0.05) is 33.6 Å². The quantitative estimate of drug-likeness (QED) is 0.347. The number of nitrogens with one attached hydrogen (secondary N) is 1. The van der Waals surface area contributed by atoms with Gasteiger partial charge in [-0.05, 0) is 5.21 Å². The molecule has 13 heteroatoms. The largest absolute Gasteiger partial charge is 0.382 e. The highest BCUT2D eigenvalue weighted by atomic mass is 31.2. The molecular weight excluding hydrogens is 365 g/mol. The van der Waals surface area contributed by atoms with Gasteiger partial charge in [-0.25, -0.2) is 4.79 Å². The van der Waals surface area contributed by atoms with E-state index in [4.69, 9.17) is 14.2 Å². The third-order valence-corrected chi connectivity index (χ3v) is 5.53. The van der Waals surface area contributed by atoms with Crippen LogP contribution in [0.4, 0.5) is 0 Å². The molecule has 0 aliphatic carbocycles. The van der Waals surface area contributed by atoms with Crippen molar-refractivity contribution in [3.05, 3.63) is 43.8 Å². The van der Waals surface area contributed by atoms with Crippen LogP contribution in [0.2, 0.25) is 0 Å². The molecule has 1 aromatic heterocycles. The Kier molecular flexibility index (Phi) is 8.75. The van der Waals surface area contributed by atoms with Crippen LogP contribution in [0.25, 0.3) is 0 Å². The van der Waals surface area contributed by atoms with Crippen molar-refractivity contribution >= 4 is 23.3 Å². The highest BCUT2D eigenvalue weighted by Gasteiger charge is 2.27. The van der Waals surface area contributed by atoms with Crippen LogP contribution in [-0.2, 0) is 23.3 Å². The molecule has 144 valence electrons. The lowest BCUT2D eigenvalue weighted by atomic mass is 9.84. The molecule has 26 heavy (non-hydrogen) atoms. The lowest BCUT2D eigenvalue weighted by Gasteiger charge is -2.27. The molecule has 0 amide bonds. The van der Waals surface area contributed by atoms with E-state index < -0.39 is 31.2 Å². The average molecular weight is 388 g/mol. The maximum atomic E-state index is 12.1. The minimum absolute atomic E-state index is 0.000441. The highest BCUT2D eigenvalue weighted by Crippen LogP contribution is 2.49. The molecule has 1 heterocycles. The van der Waals surface area contributed by atoms with Crippen LogP contribution in [-0.4, -0.2) is 70.8 Å². The smallest absolute Gasteiger partial charge is 0.344 e. The van der Waals surface area contributed by atoms with Gasteiger partial charge in [-0.15, -0.1) is 0 Å². The van der Waals surface area contributed by atoms with Crippen molar-refractivity contribution in [2.45, 2.75) is 12.3 Å². The number of ether oxygens (including phenoxy) is 3. The van der Waals surface area contributed by atoms with E-state index in [-0.39, 0.29) is 18.4 Å². The molecule has 3 atom stereocenters. The van der Waals surface area contributed by atoms with Crippen molar-refractivity contribution < 1.29 is 28.2 Å². The molecule has 0 fully saturated rings. The number of nitrogens with zero attached hydrogens (tertiary/aromatic N) is 1. The van der Waals surface area contributed by atoms with Gasteiger partial charge >= 0.3 is 13.3 Å². The number of aromatic nitrogens is 2. The van der Waals surface area contributed by atoms with Gasteiger partial charge in [-0.3, -0.25) is 18.9 Å². The molecule has 0 aliphatic rings. The molecule has 0 aliphatic heterocycles. The van der Waals surface area contributed by atoms with Crippen LogP contribution < -0.4 is 11.2 Å². The van der Waals surface area contributed by atoms with Crippen molar-refractivity contribution in [2.24, 2.45) is 0 Å². The Hall–Kier alpha value is -1.42. The molecule has 0 bridgehead atoms. The SMILES string of the molecule is B/C(=C(/B)P(=O)(O)OC)[C@H](COC)O[C@H](COC)n1ccc(=O)[nH]c1=O. The van der Waals surface area contributed by atoms with E-state index in [1.54, 1.807) is 7.85 Å². The summed E-state index contributed by atoms with van der Waals surface area (Å²) < 4.78 is 34.0. The van der Waals surface area contributed by atoms with E-state index in [0.717, 1.165) is 11.7 Å². The Balaban J connectivity index is 3.27. The summed E-state index contributed by atoms with van der Waals surface area (Å²) in [4.78, 5) is 35.3. The fourth-order valence-corrected chi connectivity index (χ4v) is 3.05. The van der Waals surface area contributed by atoms with E-state index >= 15 is 0 Å². The zero-order valence-corrected chi connectivity index (χ0v) is 16.3. The third-order valence-electron chi connectivity index (χ3n) is 3.84. The molecular formula is C13H23B2N2O8P. The number of H-pyrrole nitrogens is 1. The summed E-state index contributed by atoms with van der Waals surface area (Å²) in [5.74, 6) is 0. The lowest BCUT2D eigenvalue weighted by molar-refractivity contribution is -0.0934. The van der Waals surface area contributed by atoms with Crippen molar-refractivity contribution in [2.75, 3.05) is 34.5 Å². The molecule has 2 N–H and O–H groups in total. The average Bonchev–Trinajstić information content (AvgIpc) is 2.59. The molecule has 0 radical (unpaired) electrons. The van der Waals surface area contributed by atoms with Gasteiger partial charge in [0.2, 0.25) is 0 Å². The van der Waals surface area contributed by atoms with Crippen LogP contribution in [0, 0.1) is 0 Å². The first-order chi connectivity index (χ1) is 12.2. The molecule has 0 saturated carbocycles. The third kappa shape index (κ3) is 5.80. The predicted molar refractivity (Wildman–Crippen MR) is 99.9 cm³/mol. The van der Waals surface area contributed by atoms with Crippen LogP contribution >= 0.6 is 7.60 Å². The Labute approximate surface area is 152 Å². The monoisotopic (exact) mass is 388 g/mol. The van der Waals surface area contributed by atoms with Gasteiger partial charge in [0.1, 0.15) is 15.7 Å². The molecule has 1 aromatic rings. The molecule has 0 saturated heterocycles. The van der Waals surface area contributed by atoms with Crippen molar-refractivity contribution in [1.29, 1.82) is 0 Å². The maximum absolute atomic E-state index is 12.1. The topological polar surface area (TPSA) is 129 Å². The number of hydrogen-bond donors (Lipinski definition) is 2. The van der Waals surface area contributed by atoms with E-state index in [0.29, 0.717) is 5.47 Å². The van der Waals surface area contributed by atoms with Crippen molar-refractivity contribution in [3.8, 4) is 0 Å². The van der Waals surface area contributed by atoms with E-state index in [1.807, 2.05) is 0 Å². The summed E-state index contributed by atoms with van der Waals surface area (Å²) in [5.41, 5.74) is -0.777. The summed E-state index contributed by atoms with van der Waals surface area (Å²) in [6.07, 6.45) is -0.366. The van der Waals surface area contributed by atoms with Gasteiger partial charge in [0.15, 0.2) is 6.23 Å². The fraction of sp³-hybridized carbons (Fsp3) is 0.538. The number of methoxy groups -OCH3 is 2. The first-order valence-corrected chi connectivity index (χ1v) is 9.27. The minimum Gasteiger partial charge on any atom is -0.382 e. The van der Waals surface area contributed by atoms with E-state index in [2.05, 4.69) is 9.51 Å². The second-order valence-electron chi connectivity index (χ2n) is 5.48. The summed E-state index contributed by atoms with van der Waals surface area (Å²) in [7, 11) is 3.14. The second-order valence-corrected chi connectivity index (χ2v) is 7.56. The normalized spacial score (nSPS) is 17.2. The first kappa shape index (κ1) is 22.6. The highest BCUT2D eigenvalue weighted by molar-refractivity contribution is 7.60. The van der Waals surface area contributed by atoms with E-state index in [9.17, 15) is 19.0 Å². The minimum atomic E-state index is -3.95. The first-order valence-electron chi connectivity index (χ1n) is 7.69. The molecule has 0 aromatic carbocycles. The van der Waals surface area contributed by atoms with Gasteiger partial charge in [0.25, 0.3) is 5.56 Å². The molecule has 0 spiro atoms. The number of hydrogen-bond acceptors (Lipinski definition) is 7. The summed E-state index contributed by atoms with van der Waals surface area (Å²) in [6.45, 7) is 0.0603. The molecule has 10 nitrogen and oxygen atoms in total. The van der Waals surface area contributed by atoms with Gasteiger partial charge in [-0.2, -0.15) is 0 Å². The van der Waals surface area contributed by atoms with Gasteiger partial charge in [-0.1, -0.05) is 5.47 Å². The standard InChI is InChI=1S/C13H23B2N2O8P/c1-22-6-8(11(14)12(15)26(20,21)24-3)25-10(7-23-2)17-5-4-9(18)16-13(17)19/h4-5,8,10H,6-7,14-15H2,1-3H3,(H,20,21)(H,16,18,19)/b12-11-/t8-,10+/m0/s1. The number of aromatic amines is 1. The Morgan fingerprint density at radius 3 is 2.38 bits per heavy atom. The van der Waals surface area contributed by atoms with Gasteiger partial charge < -0.3 is 23.6 Å². The van der Waals surface area contributed by atoms with Crippen LogP contribution in [0.3, 0.4) is 0 Å². The van der Waals surface area contributed by atoms with Gasteiger partial charge in [0.05, 0.1) is 19.3 Å². The second kappa shape index (κ2) is 10.1. The zero-order valence-electron chi connectivity index (χ0n) is 15.4. The Morgan fingerprint density at radius 1 is 1.27 bits per heavy atom. The van der Waals surface area contributed by atoms with Crippen LogP contribution in [0.1, 0.15) is 6.23 Å². The summed E-state index contributed by atoms with van der Waals surface area (Å²) in [6, 6.07) is 1.18. The predicted octanol–water partition coefficient (Wildman–Crippen LogP) is -2.02. The Bertz CT molecular complexity index is 793. The summed E-state index contributed by atoms with van der Waals surface area (Å²) >= 11 is 0. The maximum Gasteiger partial charge on any atom is 0.344 e. The van der Waals surface area contributed by atoms with Crippen molar-refractivity contribution in [1.82, 2.24) is 9.55 Å². The fourth-order valence-electron chi connectivity index (χ4n) is 2.18. The number of rotatable bonds is 10. The van der Waals surface area contributed by atoms with E-state index in [1.165, 1.54) is 34.3 Å². The zero-order chi connectivity index (χ0) is 19.9.